The molecular formula is C26H29FN2O3. The van der Waals surface area contributed by atoms with E-state index in [1.165, 1.54) is 6.07 Å². The van der Waals surface area contributed by atoms with E-state index in [9.17, 15) is 18.8 Å². The Balaban J connectivity index is 1.41. The molecule has 1 atom stereocenters. The van der Waals surface area contributed by atoms with E-state index in [-0.39, 0.29) is 29.4 Å². The SMILES string of the molecule is CC(=O)N1CCC(C(=O)N2CCCC(C(=O)c3ccc(-c4ccccc4)c(F)c3)C2)CC1. The van der Waals surface area contributed by atoms with Gasteiger partial charge in [0.2, 0.25) is 11.8 Å². The predicted octanol–water partition coefficient (Wildman–Crippen LogP) is 4.17. The Hall–Kier alpha value is -3.02. The summed E-state index contributed by atoms with van der Waals surface area (Å²) in [5.74, 6) is -0.800. The van der Waals surface area contributed by atoms with Crippen LogP contribution in [0.1, 0.15) is 43.0 Å². The fraction of sp³-hybridized carbons (Fsp3) is 0.423. The van der Waals surface area contributed by atoms with Crippen LogP contribution in [0.4, 0.5) is 4.39 Å². The molecule has 2 amide bonds. The topological polar surface area (TPSA) is 57.7 Å². The maximum absolute atomic E-state index is 14.8. The van der Waals surface area contributed by atoms with E-state index in [1.54, 1.807) is 28.9 Å². The van der Waals surface area contributed by atoms with Crippen molar-refractivity contribution in [1.82, 2.24) is 9.80 Å². The van der Waals surface area contributed by atoms with Crippen LogP contribution in [0.2, 0.25) is 0 Å². The number of rotatable bonds is 4. The van der Waals surface area contributed by atoms with E-state index in [0.29, 0.717) is 56.6 Å². The average molecular weight is 437 g/mol. The minimum Gasteiger partial charge on any atom is -0.343 e. The quantitative estimate of drug-likeness (QED) is 0.676. The van der Waals surface area contributed by atoms with E-state index in [2.05, 4.69) is 0 Å². The lowest BCUT2D eigenvalue weighted by Crippen LogP contribution is -2.48. The van der Waals surface area contributed by atoms with Crippen LogP contribution in [0.15, 0.2) is 48.5 Å². The number of hydrogen-bond donors (Lipinski definition) is 0. The van der Waals surface area contributed by atoms with Gasteiger partial charge in [0.15, 0.2) is 5.78 Å². The van der Waals surface area contributed by atoms with E-state index in [4.69, 9.17) is 0 Å². The number of carbonyl (C=O) groups is 3. The summed E-state index contributed by atoms with van der Waals surface area (Å²) in [7, 11) is 0. The zero-order chi connectivity index (χ0) is 22.7. The highest BCUT2D eigenvalue weighted by Gasteiger charge is 2.34. The summed E-state index contributed by atoms with van der Waals surface area (Å²) in [6.07, 6.45) is 2.80. The van der Waals surface area contributed by atoms with Crippen LogP contribution in [0.5, 0.6) is 0 Å². The van der Waals surface area contributed by atoms with Gasteiger partial charge in [-0.2, -0.15) is 0 Å². The maximum atomic E-state index is 14.8. The molecule has 168 valence electrons. The predicted molar refractivity (Wildman–Crippen MR) is 120 cm³/mol. The van der Waals surface area contributed by atoms with Gasteiger partial charge in [0.05, 0.1) is 0 Å². The Bertz CT molecular complexity index is 999. The fourth-order valence-electron chi connectivity index (χ4n) is 4.85. The van der Waals surface area contributed by atoms with Gasteiger partial charge < -0.3 is 9.80 Å². The van der Waals surface area contributed by atoms with E-state index in [0.717, 1.165) is 12.0 Å². The second-order valence-corrected chi connectivity index (χ2v) is 8.83. The minimum absolute atomic E-state index is 0.0463. The van der Waals surface area contributed by atoms with Gasteiger partial charge in [0.25, 0.3) is 0 Å². The molecule has 2 saturated heterocycles. The van der Waals surface area contributed by atoms with Gasteiger partial charge in [-0.05, 0) is 37.3 Å². The van der Waals surface area contributed by atoms with Gasteiger partial charge in [-0.25, -0.2) is 4.39 Å². The Kier molecular flexibility index (Phi) is 6.68. The van der Waals surface area contributed by atoms with Gasteiger partial charge in [0, 0.05) is 56.1 Å². The molecule has 32 heavy (non-hydrogen) atoms. The maximum Gasteiger partial charge on any atom is 0.225 e. The third-order valence-electron chi connectivity index (χ3n) is 6.73. The first-order chi connectivity index (χ1) is 15.4. The molecule has 1 unspecified atom stereocenters. The molecule has 2 aliphatic rings. The number of Topliss-reactive ketones (excluding diaryl/α,β-unsaturated/α-hetero) is 1. The fourth-order valence-corrected chi connectivity index (χ4v) is 4.85. The molecule has 0 saturated carbocycles. The molecule has 0 spiro atoms. The molecule has 2 aliphatic heterocycles. The molecule has 2 aromatic rings. The monoisotopic (exact) mass is 436 g/mol. The largest absolute Gasteiger partial charge is 0.343 e. The molecular weight excluding hydrogens is 407 g/mol. The summed E-state index contributed by atoms with van der Waals surface area (Å²) in [5, 5.41) is 0. The van der Waals surface area contributed by atoms with Crippen molar-refractivity contribution in [2.75, 3.05) is 26.2 Å². The van der Waals surface area contributed by atoms with Crippen LogP contribution in [0.25, 0.3) is 11.1 Å². The lowest BCUT2D eigenvalue weighted by Gasteiger charge is -2.37. The molecule has 0 radical (unpaired) electrons. The van der Waals surface area contributed by atoms with Gasteiger partial charge in [-0.3, -0.25) is 14.4 Å². The first-order valence-corrected chi connectivity index (χ1v) is 11.4. The first-order valence-electron chi connectivity index (χ1n) is 11.4. The Labute approximate surface area is 188 Å². The molecule has 2 heterocycles. The Morgan fingerprint density at radius 2 is 1.59 bits per heavy atom. The smallest absolute Gasteiger partial charge is 0.225 e. The van der Waals surface area contributed by atoms with Gasteiger partial charge in [0.1, 0.15) is 5.82 Å². The molecule has 2 aromatic carbocycles. The van der Waals surface area contributed by atoms with Crippen molar-refractivity contribution in [2.45, 2.75) is 32.6 Å². The first kappa shape index (κ1) is 22.2. The van der Waals surface area contributed by atoms with Gasteiger partial charge >= 0.3 is 0 Å². The zero-order valence-electron chi connectivity index (χ0n) is 18.4. The van der Waals surface area contributed by atoms with Gasteiger partial charge in [-0.1, -0.05) is 42.5 Å². The standard InChI is InChI=1S/C26H29FN2O3/c1-18(30)28-14-11-20(12-15-28)26(32)29-13-5-8-22(17-29)25(31)21-9-10-23(24(27)16-21)19-6-3-2-4-7-19/h2-4,6-7,9-10,16,20,22H,5,8,11-15,17H2,1H3. The normalized spacial score (nSPS) is 19.6. The van der Waals surface area contributed by atoms with E-state index >= 15 is 0 Å². The summed E-state index contributed by atoms with van der Waals surface area (Å²) in [6.45, 7) is 3.80. The Morgan fingerprint density at radius 3 is 2.25 bits per heavy atom. The van der Waals surface area contributed by atoms with Crippen molar-refractivity contribution in [1.29, 1.82) is 0 Å². The molecule has 2 fully saturated rings. The van der Waals surface area contributed by atoms with Crippen molar-refractivity contribution >= 4 is 17.6 Å². The van der Waals surface area contributed by atoms with E-state index in [1.807, 2.05) is 30.3 Å². The summed E-state index contributed by atoms with van der Waals surface area (Å²) in [6, 6.07) is 13.9. The number of hydrogen-bond acceptors (Lipinski definition) is 3. The van der Waals surface area contributed by atoms with Crippen molar-refractivity contribution < 1.29 is 18.8 Å². The Morgan fingerprint density at radius 1 is 0.875 bits per heavy atom. The van der Waals surface area contributed by atoms with Crippen LogP contribution in [-0.2, 0) is 9.59 Å². The van der Waals surface area contributed by atoms with Crippen LogP contribution >= 0.6 is 0 Å². The number of amides is 2. The number of benzene rings is 2. The molecule has 5 nitrogen and oxygen atoms in total. The lowest BCUT2D eigenvalue weighted by atomic mass is 9.87. The van der Waals surface area contributed by atoms with Gasteiger partial charge in [-0.15, -0.1) is 0 Å². The summed E-state index contributed by atoms with van der Waals surface area (Å²) >= 11 is 0. The lowest BCUT2D eigenvalue weighted by molar-refractivity contribution is -0.141. The third-order valence-corrected chi connectivity index (χ3v) is 6.73. The summed E-state index contributed by atoms with van der Waals surface area (Å²) in [5.41, 5.74) is 1.60. The second kappa shape index (κ2) is 9.63. The molecule has 0 bridgehead atoms. The molecule has 0 aromatic heterocycles. The van der Waals surface area contributed by atoms with Crippen LogP contribution in [0, 0.1) is 17.7 Å². The number of nitrogens with zero attached hydrogens (tertiary/aromatic N) is 2. The number of piperidine rings is 2. The van der Waals surface area contributed by atoms with Crippen molar-refractivity contribution in [3.05, 3.63) is 59.9 Å². The van der Waals surface area contributed by atoms with Crippen LogP contribution in [0.3, 0.4) is 0 Å². The number of ketones is 1. The number of carbonyl (C=O) groups excluding carboxylic acids is 3. The summed E-state index contributed by atoms with van der Waals surface area (Å²) in [4.78, 5) is 41.3. The third kappa shape index (κ3) is 4.74. The van der Waals surface area contributed by atoms with Crippen molar-refractivity contribution in [2.24, 2.45) is 11.8 Å². The molecule has 0 aliphatic carbocycles. The van der Waals surface area contributed by atoms with Crippen molar-refractivity contribution in [3.63, 3.8) is 0 Å². The average Bonchev–Trinajstić information content (AvgIpc) is 2.83. The summed E-state index contributed by atoms with van der Waals surface area (Å²) < 4.78 is 14.8. The zero-order valence-corrected chi connectivity index (χ0v) is 18.4. The highest BCUT2D eigenvalue weighted by Crippen LogP contribution is 2.28. The van der Waals surface area contributed by atoms with Crippen LogP contribution < -0.4 is 0 Å². The second-order valence-electron chi connectivity index (χ2n) is 8.83. The molecule has 6 heteroatoms. The van der Waals surface area contributed by atoms with Crippen molar-refractivity contribution in [3.8, 4) is 11.1 Å². The molecule has 0 N–H and O–H groups in total. The number of likely N-dealkylation sites (tertiary alicyclic amines) is 2. The highest BCUT2D eigenvalue weighted by molar-refractivity contribution is 5.99. The molecule has 4 rings (SSSR count). The minimum atomic E-state index is -0.414. The van der Waals surface area contributed by atoms with Crippen LogP contribution in [-0.4, -0.2) is 53.6 Å². The number of halogens is 1. The van der Waals surface area contributed by atoms with E-state index < -0.39 is 5.82 Å². The highest BCUT2D eigenvalue weighted by atomic mass is 19.1.